The maximum atomic E-state index is 12.6. The molecule has 0 saturated carbocycles. The molecular formula is C16H17NO5S. The van der Waals surface area contributed by atoms with E-state index in [0.717, 1.165) is 19.3 Å². The van der Waals surface area contributed by atoms with E-state index < -0.39 is 16.0 Å². The summed E-state index contributed by atoms with van der Waals surface area (Å²) >= 11 is 0. The van der Waals surface area contributed by atoms with Crippen LogP contribution in [0.1, 0.15) is 29.8 Å². The van der Waals surface area contributed by atoms with E-state index >= 15 is 0 Å². The van der Waals surface area contributed by atoms with Crippen molar-refractivity contribution in [1.82, 2.24) is 4.31 Å². The van der Waals surface area contributed by atoms with Gasteiger partial charge in [-0.15, -0.1) is 0 Å². The number of benzene rings is 1. The molecule has 1 N–H and O–H groups in total. The Bertz CT molecular complexity index is 801. The smallest absolute Gasteiger partial charge is 0.371 e. The number of carbonyl (C=O) groups is 1. The van der Waals surface area contributed by atoms with E-state index in [1.54, 1.807) is 18.2 Å². The molecule has 0 spiro atoms. The largest absolute Gasteiger partial charge is 0.475 e. The molecule has 1 aliphatic rings. The van der Waals surface area contributed by atoms with Crippen LogP contribution in [0.2, 0.25) is 0 Å². The number of furan rings is 1. The van der Waals surface area contributed by atoms with Gasteiger partial charge in [0.15, 0.2) is 0 Å². The van der Waals surface area contributed by atoms with Crippen LogP contribution in [0.4, 0.5) is 0 Å². The molecule has 0 amide bonds. The highest BCUT2D eigenvalue weighted by molar-refractivity contribution is 7.89. The summed E-state index contributed by atoms with van der Waals surface area (Å²) in [7, 11) is -3.46. The molecule has 0 bridgehead atoms. The molecule has 1 fully saturated rings. The van der Waals surface area contributed by atoms with Gasteiger partial charge in [-0.2, -0.15) is 4.31 Å². The average Bonchev–Trinajstić information content (AvgIpc) is 3.06. The average molecular weight is 335 g/mol. The molecule has 3 rings (SSSR count). The van der Waals surface area contributed by atoms with Crippen molar-refractivity contribution in [1.29, 1.82) is 0 Å². The highest BCUT2D eigenvalue weighted by Gasteiger charge is 2.25. The van der Waals surface area contributed by atoms with Crippen LogP contribution >= 0.6 is 0 Å². The fourth-order valence-electron chi connectivity index (χ4n) is 2.65. The van der Waals surface area contributed by atoms with Crippen LogP contribution < -0.4 is 0 Å². The van der Waals surface area contributed by atoms with E-state index in [9.17, 15) is 13.2 Å². The molecule has 1 saturated heterocycles. The van der Waals surface area contributed by atoms with Gasteiger partial charge < -0.3 is 9.52 Å². The number of carboxylic acids is 1. The fraction of sp³-hybridized carbons (Fsp3) is 0.312. The lowest BCUT2D eigenvalue weighted by molar-refractivity contribution is 0.0663. The zero-order valence-corrected chi connectivity index (χ0v) is 13.3. The Labute approximate surface area is 134 Å². The standard InChI is InChI=1S/C16H17NO5S/c18-16(19)15-9-8-14(22-15)12-4-6-13(7-5-12)23(20,21)17-10-2-1-3-11-17/h4-9H,1-3,10-11H2,(H,18,19). The van der Waals surface area contributed by atoms with Gasteiger partial charge >= 0.3 is 5.97 Å². The van der Waals surface area contributed by atoms with E-state index in [1.165, 1.54) is 22.5 Å². The third kappa shape index (κ3) is 3.16. The van der Waals surface area contributed by atoms with Gasteiger partial charge in [-0.1, -0.05) is 6.42 Å². The molecule has 0 unspecified atom stereocenters. The molecule has 2 aromatic rings. The monoisotopic (exact) mass is 335 g/mol. The lowest BCUT2D eigenvalue weighted by Gasteiger charge is -2.25. The second-order valence-corrected chi connectivity index (χ2v) is 7.40. The van der Waals surface area contributed by atoms with Crippen molar-refractivity contribution < 1.29 is 22.7 Å². The summed E-state index contributed by atoms with van der Waals surface area (Å²) < 4.78 is 31.8. The van der Waals surface area contributed by atoms with Crippen molar-refractivity contribution in [3.05, 3.63) is 42.2 Å². The molecule has 0 aliphatic carbocycles. The molecule has 6 nitrogen and oxygen atoms in total. The number of nitrogens with zero attached hydrogens (tertiary/aromatic N) is 1. The molecular weight excluding hydrogens is 318 g/mol. The lowest BCUT2D eigenvalue weighted by atomic mass is 10.2. The van der Waals surface area contributed by atoms with Crippen LogP contribution in [0.5, 0.6) is 0 Å². The molecule has 7 heteroatoms. The Kier molecular flexibility index (Phi) is 4.23. The quantitative estimate of drug-likeness (QED) is 0.928. The fourth-order valence-corrected chi connectivity index (χ4v) is 4.17. The molecule has 1 aromatic heterocycles. The van der Waals surface area contributed by atoms with Crippen molar-refractivity contribution in [3.63, 3.8) is 0 Å². The molecule has 0 radical (unpaired) electrons. The van der Waals surface area contributed by atoms with E-state index in [4.69, 9.17) is 9.52 Å². The minimum absolute atomic E-state index is 0.148. The van der Waals surface area contributed by atoms with Crippen molar-refractivity contribution in [2.75, 3.05) is 13.1 Å². The van der Waals surface area contributed by atoms with Crippen molar-refractivity contribution in [2.45, 2.75) is 24.2 Å². The Morgan fingerprint density at radius 1 is 1.00 bits per heavy atom. The normalized spacial score (nSPS) is 16.3. The van der Waals surface area contributed by atoms with Crippen molar-refractivity contribution >= 4 is 16.0 Å². The van der Waals surface area contributed by atoms with Gasteiger partial charge in [0.1, 0.15) is 5.76 Å². The Morgan fingerprint density at radius 3 is 2.22 bits per heavy atom. The van der Waals surface area contributed by atoms with Crippen LogP contribution in [-0.4, -0.2) is 36.9 Å². The number of hydrogen-bond acceptors (Lipinski definition) is 4. The van der Waals surface area contributed by atoms with Gasteiger partial charge in [0, 0.05) is 18.7 Å². The summed E-state index contributed by atoms with van der Waals surface area (Å²) in [5.74, 6) is -0.894. The molecule has 23 heavy (non-hydrogen) atoms. The summed E-state index contributed by atoms with van der Waals surface area (Å²) in [6.45, 7) is 1.12. The van der Waals surface area contributed by atoms with Crippen LogP contribution in [0.25, 0.3) is 11.3 Å². The van der Waals surface area contributed by atoms with Gasteiger partial charge in [0.05, 0.1) is 4.90 Å². The third-order valence-electron chi connectivity index (χ3n) is 3.91. The van der Waals surface area contributed by atoms with Crippen LogP contribution in [0.15, 0.2) is 45.7 Å². The Hall–Kier alpha value is -2.12. The molecule has 122 valence electrons. The summed E-state index contributed by atoms with van der Waals surface area (Å²) in [5, 5.41) is 8.86. The number of aromatic carboxylic acids is 1. The van der Waals surface area contributed by atoms with Crippen LogP contribution in [0.3, 0.4) is 0 Å². The van der Waals surface area contributed by atoms with E-state index in [1.807, 2.05) is 0 Å². The van der Waals surface area contributed by atoms with E-state index in [-0.39, 0.29) is 10.7 Å². The van der Waals surface area contributed by atoms with Gasteiger partial charge in [-0.3, -0.25) is 0 Å². The first-order valence-corrected chi connectivity index (χ1v) is 8.86. The molecule has 2 heterocycles. The highest BCUT2D eigenvalue weighted by Crippen LogP contribution is 2.26. The predicted molar refractivity (Wildman–Crippen MR) is 83.7 cm³/mol. The van der Waals surface area contributed by atoms with Gasteiger partial charge in [-0.25, -0.2) is 13.2 Å². The first-order valence-electron chi connectivity index (χ1n) is 7.42. The first-order chi connectivity index (χ1) is 11.0. The summed E-state index contributed by atoms with van der Waals surface area (Å²) in [5.41, 5.74) is 0.634. The zero-order valence-electron chi connectivity index (χ0n) is 12.4. The summed E-state index contributed by atoms with van der Waals surface area (Å²) in [4.78, 5) is 11.1. The van der Waals surface area contributed by atoms with Crippen LogP contribution in [0, 0.1) is 0 Å². The minimum atomic E-state index is -3.46. The topological polar surface area (TPSA) is 87.8 Å². The van der Waals surface area contributed by atoms with Crippen LogP contribution in [-0.2, 0) is 10.0 Å². The number of rotatable bonds is 4. The number of hydrogen-bond donors (Lipinski definition) is 1. The zero-order chi connectivity index (χ0) is 16.4. The highest BCUT2D eigenvalue weighted by atomic mass is 32.2. The second kappa shape index (κ2) is 6.17. The lowest BCUT2D eigenvalue weighted by Crippen LogP contribution is -2.35. The Morgan fingerprint density at radius 2 is 1.65 bits per heavy atom. The minimum Gasteiger partial charge on any atom is -0.475 e. The maximum Gasteiger partial charge on any atom is 0.371 e. The van der Waals surface area contributed by atoms with Gasteiger partial charge in [0.2, 0.25) is 15.8 Å². The molecule has 0 atom stereocenters. The molecule has 1 aliphatic heterocycles. The van der Waals surface area contributed by atoms with Crippen molar-refractivity contribution in [3.8, 4) is 11.3 Å². The summed E-state index contributed by atoms with van der Waals surface area (Å²) in [6.07, 6.45) is 2.85. The van der Waals surface area contributed by atoms with Gasteiger partial charge in [-0.05, 0) is 49.2 Å². The maximum absolute atomic E-state index is 12.6. The predicted octanol–water partition coefficient (Wildman–Crippen LogP) is 2.82. The number of carboxylic acid groups (broad SMARTS) is 1. The SMILES string of the molecule is O=C(O)c1ccc(-c2ccc(S(=O)(=O)N3CCCCC3)cc2)o1. The third-order valence-corrected chi connectivity index (χ3v) is 5.82. The molecule has 1 aromatic carbocycles. The number of piperidine rings is 1. The second-order valence-electron chi connectivity index (χ2n) is 5.46. The van der Waals surface area contributed by atoms with Crippen molar-refractivity contribution in [2.24, 2.45) is 0 Å². The van der Waals surface area contributed by atoms with E-state index in [0.29, 0.717) is 24.4 Å². The summed E-state index contributed by atoms with van der Waals surface area (Å²) in [6, 6.07) is 9.24. The first kappa shape index (κ1) is 15.8. The van der Waals surface area contributed by atoms with Gasteiger partial charge in [0.25, 0.3) is 0 Å². The Balaban J connectivity index is 1.85. The van der Waals surface area contributed by atoms with E-state index in [2.05, 4.69) is 0 Å². The number of sulfonamides is 1.